The minimum absolute atomic E-state index is 0.111. The van der Waals surface area contributed by atoms with Crippen LogP contribution in [0.15, 0.2) is 43.1 Å². The van der Waals surface area contributed by atoms with Gasteiger partial charge >= 0.3 is 6.09 Å². The van der Waals surface area contributed by atoms with E-state index in [4.69, 9.17) is 16.3 Å². The van der Waals surface area contributed by atoms with E-state index in [-0.39, 0.29) is 23.9 Å². The lowest BCUT2D eigenvalue weighted by Gasteiger charge is -2.22. The molecule has 3 heterocycles. The standard InChI is InChI=1S/C20H22ClN7O2/c1-12(2)17-9-30-20(29)28(17)19-23-10-22-18(26-19)25-13(3)16-8-27(11-24-16)15-6-4-14(21)5-7-15/h4-8,10-13,17H,9H2,1-3H3,(H,22,23,25,26)/t13-,17-/m1/s1. The van der Waals surface area contributed by atoms with Crippen LogP contribution in [0.25, 0.3) is 5.69 Å². The van der Waals surface area contributed by atoms with E-state index < -0.39 is 6.09 Å². The van der Waals surface area contributed by atoms with Gasteiger partial charge in [0.25, 0.3) is 0 Å². The molecular weight excluding hydrogens is 406 g/mol. The molecule has 0 bridgehead atoms. The fraction of sp³-hybridized carbons (Fsp3) is 0.350. The van der Waals surface area contributed by atoms with E-state index in [1.807, 2.05) is 55.8 Å². The van der Waals surface area contributed by atoms with E-state index in [0.717, 1.165) is 11.4 Å². The van der Waals surface area contributed by atoms with E-state index >= 15 is 0 Å². The van der Waals surface area contributed by atoms with Gasteiger partial charge in [-0.15, -0.1) is 0 Å². The molecule has 0 spiro atoms. The molecule has 9 nitrogen and oxygen atoms in total. The SMILES string of the molecule is CC(C)[C@H]1COC(=O)N1c1ncnc(N[C@H](C)c2cn(-c3ccc(Cl)cc3)cn2)n1. The molecule has 1 aromatic carbocycles. The third kappa shape index (κ3) is 4.06. The van der Waals surface area contributed by atoms with E-state index in [9.17, 15) is 4.79 Å². The van der Waals surface area contributed by atoms with Crippen LogP contribution < -0.4 is 10.2 Å². The Balaban J connectivity index is 1.50. The monoisotopic (exact) mass is 427 g/mol. The Morgan fingerprint density at radius 3 is 2.67 bits per heavy atom. The van der Waals surface area contributed by atoms with Gasteiger partial charge in [0.15, 0.2) is 0 Å². The summed E-state index contributed by atoms with van der Waals surface area (Å²) >= 11 is 5.95. The molecule has 1 N–H and O–H groups in total. The number of aromatic nitrogens is 5. The summed E-state index contributed by atoms with van der Waals surface area (Å²) in [5.74, 6) is 0.837. The first-order chi connectivity index (χ1) is 14.4. The zero-order chi connectivity index (χ0) is 21.3. The van der Waals surface area contributed by atoms with Crippen molar-refractivity contribution in [3.8, 4) is 5.69 Å². The van der Waals surface area contributed by atoms with Gasteiger partial charge in [0, 0.05) is 16.9 Å². The smallest absolute Gasteiger partial charge is 0.417 e. The molecule has 1 saturated heterocycles. The Morgan fingerprint density at radius 1 is 1.17 bits per heavy atom. The molecule has 0 unspecified atom stereocenters. The molecule has 30 heavy (non-hydrogen) atoms. The summed E-state index contributed by atoms with van der Waals surface area (Å²) in [7, 11) is 0. The van der Waals surface area contributed by atoms with Crippen molar-refractivity contribution >= 4 is 29.6 Å². The van der Waals surface area contributed by atoms with Gasteiger partial charge in [-0.3, -0.25) is 0 Å². The van der Waals surface area contributed by atoms with Crippen molar-refractivity contribution in [3.05, 3.63) is 53.8 Å². The van der Waals surface area contributed by atoms with Crippen LogP contribution in [0.2, 0.25) is 5.02 Å². The Hall–Kier alpha value is -3.20. The first kappa shape index (κ1) is 20.1. The maximum Gasteiger partial charge on any atom is 0.417 e. The number of amides is 1. The lowest BCUT2D eigenvalue weighted by atomic mass is 10.1. The molecule has 1 fully saturated rings. The number of rotatable bonds is 6. The third-order valence-electron chi connectivity index (χ3n) is 4.97. The molecule has 0 saturated carbocycles. The quantitative estimate of drug-likeness (QED) is 0.637. The highest BCUT2D eigenvalue weighted by Gasteiger charge is 2.38. The summed E-state index contributed by atoms with van der Waals surface area (Å²) in [5, 5.41) is 3.90. The zero-order valence-electron chi connectivity index (χ0n) is 16.9. The molecule has 4 rings (SSSR count). The number of hydrogen-bond donors (Lipinski definition) is 1. The van der Waals surface area contributed by atoms with Gasteiger partial charge in [-0.25, -0.2) is 24.6 Å². The molecule has 2 atom stereocenters. The van der Waals surface area contributed by atoms with Crippen LogP contribution >= 0.6 is 11.6 Å². The summed E-state index contributed by atoms with van der Waals surface area (Å²) < 4.78 is 7.09. The topological polar surface area (TPSA) is 98.1 Å². The highest BCUT2D eigenvalue weighted by Crippen LogP contribution is 2.25. The van der Waals surface area contributed by atoms with Crippen molar-refractivity contribution in [2.45, 2.75) is 32.9 Å². The first-order valence-corrected chi connectivity index (χ1v) is 10.0. The number of hydrogen-bond acceptors (Lipinski definition) is 7. The molecule has 156 valence electrons. The lowest BCUT2D eigenvalue weighted by molar-refractivity contribution is 0.177. The molecule has 1 aliphatic rings. The van der Waals surface area contributed by atoms with Crippen molar-refractivity contribution in [1.29, 1.82) is 0 Å². The summed E-state index contributed by atoms with van der Waals surface area (Å²) in [6.07, 6.45) is 4.60. The van der Waals surface area contributed by atoms with Crippen molar-refractivity contribution in [2.75, 3.05) is 16.8 Å². The van der Waals surface area contributed by atoms with Gasteiger partial charge in [0.05, 0.1) is 24.1 Å². The summed E-state index contributed by atoms with van der Waals surface area (Å²) in [5.41, 5.74) is 1.77. The van der Waals surface area contributed by atoms with Crippen molar-refractivity contribution in [3.63, 3.8) is 0 Å². The van der Waals surface area contributed by atoms with Crippen LogP contribution in [-0.4, -0.2) is 43.2 Å². The number of benzene rings is 1. The minimum Gasteiger partial charge on any atom is -0.447 e. The molecule has 1 aliphatic heterocycles. The number of anilines is 2. The highest BCUT2D eigenvalue weighted by molar-refractivity contribution is 6.30. The minimum atomic E-state index is -0.444. The number of nitrogens with zero attached hydrogens (tertiary/aromatic N) is 6. The number of carbonyl (C=O) groups excluding carboxylic acids is 1. The van der Waals surface area contributed by atoms with Crippen LogP contribution in [-0.2, 0) is 4.74 Å². The molecule has 10 heteroatoms. The second-order valence-electron chi connectivity index (χ2n) is 7.42. The van der Waals surface area contributed by atoms with Crippen molar-refractivity contribution < 1.29 is 9.53 Å². The number of carbonyl (C=O) groups is 1. The van der Waals surface area contributed by atoms with Gasteiger partial charge in [-0.05, 0) is 37.1 Å². The fourth-order valence-electron chi connectivity index (χ4n) is 3.21. The van der Waals surface area contributed by atoms with Crippen molar-refractivity contribution in [2.24, 2.45) is 5.92 Å². The lowest BCUT2D eigenvalue weighted by Crippen LogP contribution is -2.38. The second-order valence-corrected chi connectivity index (χ2v) is 7.85. The predicted molar refractivity (Wildman–Crippen MR) is 113 cm³/mol. The molecule has 0 aliphatic carbocycles. The van der Waals surface area contributed by atoms with E-state index in [1.165, 1.54) is 11.2 Å². The van der Waals surface area contributed by atoms with Gasteiger partial charge in [-0.2, -0.15) is 4.98 Å². The second kappa shape index (κ2) is 8.27. The van der Waals surface area contributed by atoms with E-state index in [0.29, 0.717) is 17.6 Å². The van der Waals surface area contributed by atoms with Gasteiger partial charge < -0.3 is 14.6 Å². The molecule has 2 aromatic heterocycles. The molecule has 1 amide bonds. The first-order valence-electron chi connectivity index (χ1n) is 9.63. The largest absolute Gasteiger partial charge is 0.447 e. The Labute approximate surface area is 179 Å². The fourth-order valence-corrected chi connectivity index (χ4v) is 3.34. The Bertz CT molecular complexity index is 1040. The number of nitrogens with one attached hydrogen (secondary N) is 1. The normalized spacial score (nSPS) is 17.3. The zero-order valence-corrected chi connectivity index (χ0v) is 17.6. The van der Waals surface area contributed by atoms with Gasteiger partial charge in [0.2, 0.25) is 11.9 Å². The summed E-state index contributed by atoms with van der Waals surface area (Å²) in [4.78, 5) is 30.9. The van der Waals surface area contributed by atoms with Crippen LogP contribution in [0.1, 0.15) is 32.5 Å². The van der Waals surface area contributed by atoms with Crippen LogP contribution in [0.5, 0.6) is 0 Å². The van der Waals surface area contributed by atoms with Gasteiger partial charge in [-0.1, -0.05) is 25.4 Å². The third-order valence-corrected chi connectivity index (χ3v) is 5.22. The molecule has 0 radical (unpaired) electrons. The average molecular weight is 428 g/mol. The van der Waals surface area contributed by atoms with Crippen molar-refractivity contribution in [1.82, 2.24) is 24.5 Å². The van der Waals surface area contributed by atoms with Crippen LogP contribution in [0.3, 0.4) is 0 Å². The maximum absolute atomic E-state index is 12.2. The van der Waals surface area contributed by atoms with Crippen LogP contribution in [0, 0.1) is 5.92 Å². The molecular formula is C20H22ClN7O2. The summed E-state index contributed by atoms with van der Waals surface area (Å²) in [6, 6.07) is 7.23. The predicted octanol–water partition coefficient (Wildman–Crippen LogP) is 3.87. The number of halogens is 1. The maximum atomic E-state index is 12.2. The van der Waals surface area contributed by atoms with Gasteiger partial charge in [0.1, 0.15) is 12.9 Å². The van der Waals surface area contributed by atoms with Crippen LogP contribution in [0.4, 0.5) is 16.7 Å². The number of ether oxygens (including phenoxy) is 1. The highest BCUT2D eigenvalue weighted by atomic mass is 35.5. The number of cyclic esters (lactones) is 1. The Kier molecular flexibility index (Phi) is 5.54. The van der Waals surface area contributed by atoms with E-state index in [1.54, 1.807) is 6.33 Å². The molecule has 3 aromatic rings. The Morgan fingerprint density at radius 2 is 1.93 bits per heavy atom. The number of imidazole rings is 1. The van der Waals surface area contributed by atoms with E-state index in [2.05, 4.69) is 25.3 Å². The summed E-state index contributed by atoms with van der Waals surface area (Å²) in [6.45, 7) is 6.33. The average Bonchev–Trinajstić information content (AvgIpc) is 3.36.